The van der Waals surface area contributed by atoms with Gasteiger partial charge in [-0.1, -0.05) is 47.6 Å². The van der Waals surface area contributed by atoms with Crippen molar-refractivity contribution in [2.24, 2.45) is 0 Å². The minimum atomic E-state index is -0.570. The number of fused-ring (bicyclic) bond motifs is 1. The lowest BCUT2D eigenvalue weighted by Crippen LogP contribution is -2.26. The number of Topliss-reactive ketones (excluding diaryl/α,β-unsaturated/α-hetero) is 1. The van der Waals surface area contributed by atoms with Gasteiger partial charge < -0.3 is 5.32 Å². The van der Waals surface area contributed by atoms with E-state index in [1.54, 1.807) is 73.7 Å². The first-order valence-electron chi connectivity index (χ1n) is 10.2. The maximum absolute atomic E-state index is 13.4. The van der Waals surface area contributed by atoms with Gasteiger partial charge in [0.1, 0.15) is 0 Å². The summed E-state index contributed by atoms with van der Waals surface area (Å²) in [6.45, 7) is 3.23. The average molecular weight is 478 g/mol. The van der Waals surface area contributed by atoms with Crippen LogP contribution in [0, 0.1) is 0 Å². The molecule has 1 heterocycles. The van der Waals surface area contributed by atoms with Crippen LogP contribution in [0.2, 0.25) is 5.02 Å². The van der Waals surface area contributed by atoms with Gasteiger partial charge in [0.2, 0.25) is 5.91 Å². The minimum Gasteiger partial charge on any atom is -0.325 e. The lowest BCUT2D eigenvalue weighted by Gasteiger charge is -2.17. The van der Waals surface area contributed by atoms with E-state index in [1.807, 2.05) is 6.07 Å². The van der Waals surface area contributed by atoms with E-state index in [1.165, 1.54) is 23.3 Å². The summed E-state index contributed by atoms with van der Waals surface area (Å²) >= 11 is 7.56. The Kier molecular flexibility index (Phi) is 6.62. The smallest absolute Gasteiger partial charge is 0.266 e. The van der Waals surface area contributed by atoms with E-state index >= 15 is 0 Å². The van der Waals surface area contributed by atoms with Crippen LogP contribution in [-0.4, -0.2) is 26.5 Å². The molecular weight excluding hydrogens is 458 g/mol. The Hall–Kier alpha value is -3.42. The highest BCUT2D eigenvalue weighted by molar-refractivity contribution is 8.00. The highest BCUT2D eigenvalue weighted by Gasteiger charge is 2.21. The number of carbonyl (C=O) groups is 2. The number of carbonyl (C=O) groups excluding carboxylic acids is 2. The van der Waals surface area contributed by atoms with Crippen LogP contribution in [-0.2, 0) is 4.79 Å². The molecule has 0 aliphatic carbocycles. The Bertz CT molecular complexity index is 1420. The number of benzene rings is 3. The molecule has 0 aliphatic heterocycles. The van der Waals surface area contributed by atoms with Crippen LogP contribution >= 0.6 is 23.4 Å². The second-order valence-electron chi connectivity index (χ2n) is 7.39. The largest absolute Gasteiger partial charge is 0.325 e. The van der Waals surface area contributed by atoms with Crippen LogP contribution in [0.4, 0.5) is 5.69 Å². The number of thioether (sulfide) groups is 1. The van der Waals surface area contributed by atoms with Crippen molar-refractivity contribution in [1.82, 2.24) is 9.55 Å². The van der Waals surface area contributed by atoms with Crippen molar-refractivity contribution >= 4 is 51.6 Å². The number of amides is 1. The predicted molar refractivity (Wildman–Crippen MR) is 133 cm³/mol. The number of ketones is 1. The third-order valence-electron chi connectivity index (χ3n) is 5.05. The second-order valence-corrected chi connectivity index (χ2v) is 9.10. The number of rotatable bonds is 6. The van der Waals surface area contributed by atoms with Gasteiger partial charge in [-0.3, -0.25) is 19.0 Å². The molecule has 0 radical (unpaired) electrons. The van der Waals surface area contributed by atoms with E-state index < -0.39 is 5.25 Å². The summed E-state index contributed by atoms with van der Waals surface area (Å²) in [5.41, 5.74) is 1.92. The van der Waals surface area contributed by atoms with Crippen LogP contribution < -0.4 is 10.9 Å². The molecule has 1 amide bonds. The summed E-state index contributed by atoms with van der Waals surface area (Å²) in [6, 6.07) is 20.8. The summed E-state index contributed by atoms with van der Waals surface area (Å²) in [5, 5.41) is 3.50. The summed E-state index contributed by atoms with van der Waals surface area (Å²) in [5.74, 6) is -0.305. The molecule has 0 saturated heterocycles. The first-order chi connectivity index (χ1) is 15.8. The number of aromatic nitrogens is 2. The van der Waals surface area contributed by atoms with E-state index in [0.29, 0.717) is 38.0 Å². The average Bonchev–Trinajstić information content (AvgIpc) is 2.80. The Labute approximate surface area is 199 Å². The van der Waals surface area contributed by atoms with E-state index in [0.717, 1.165) is 0 Å². The van der Waals surface area contributed by atoms with E-state index in [4.69, 9.17) is 11.6 Å². The summed E-state index contributed by atoms with van der Waals surface area (Å²) in [6.07, 6.45) is 0. The fourth-order valence-corrected chi connectivity index (χ4v) is 4.42. The first-order valence-corrected chi connectivity index (χ1v) is 11.5. The van der Waals surface area contributed by atoms with Crippen molar-refractivity contribution < 1.29 is 9.59 Å². The molecule has 33 heavy (non-hydrogen) atoms. The summed E-state index contributed by atoms with van der Waals surface area (Å²) < 4.78 is 1.45. The Balaban J connectivity index is 1.68. The fourth-order valence-electron chi connectivity index (χ4n) is 3.28. The Morgan fingerprint density at radius 1 is 1.00 bits per heavy atom. The quantitative estimate of drug-likeness (QED) is 0.229. The van der Waals surface area contributed by atoms with Gasteiger partial charge in [-0.2, -0.15) is 0 Å². The number of hydrogen-bond donors (Lipinski definition) is 1. The van der Waals surface area contributed by atoms with Crippen molar-refractivity contribution in [3.05, 3.63) is 93.7 Å². The molecule has 0 fully saturated rings. The Morgan fingerprint density at radius 2 is 1.67 bits per heavy atom. The minimum absolute atomic E-state index is 0.0447. The van der Waals surface area contributed by atoms with Gasteiger partial charge in [0, 0.05) is 11.3 Å². The van der Waals surface area contributed by atoms with Crippen molar-refractivity contribution in [2.75, 3.05) is 5.32 Å². The van der Waals surface area contributed by atoms with Crippen LogP contribution in [0.3, 0.4) is 0 Å². The molecule has 0 saturated carbocycles. The van der Waals surface area contributed by atoms with Gasteiger partial charge in [-0.15, -0.1) is 0 Å². The molecule has 166 valence electrons. The molecule has 1 N–H and O–H groups in total. The molecule has 1 aromatic heterocycles. The molecule has 0 unspecified atom stereocenters. The topological polar surface area (TPSA) is 81.1 Å². The maximum Gasteiger partial charge on any atom is 0.266 e. The molecule has 6 nitrogen and oxygen atoms in total. The maximum atomic E-state index is 13.4. The number of hydrogen-bond acceptors (Lipinski definition) is 5. The summed E-state index contributed by atoms with van der Waals surface area (Å²) in [7, 11) is 0. The number of anilines is 1. The monoisotopic (exact) mass is 477 g/mol. The van der Waals surface area contributed by atoms with Crippen LogP contribution in [0.15, 0.2) is 82.7 Å². The molecule has 0 aliphatic rings. The van der Waals surface area contributed by atoms with Gasteiger partial charge in [0.05, 0.1) is 26.9 Å². The molecule has 3 aromatic carbocycles. The van der Waals surface area contributed by atoms with Gasteiger partial charge in [0.15, 0.2) is 10.9 Å². The van der Waals surface area contributed by atoms with Gasteiger partial charge >= 0.3 is 0 Å². The lowest BCUT2D eigenvalue weighted by atomic mass is 10.1. The fraction of sp³-hybridized carbons (Fsp3) is 0.120. The number of nitrogens with zero attached hydrogens (tertiary/aromatic N) is 2. The highest BCUT2D eigenvalue weighted by Crippen LogP contribution is 2.28. The Morgan fingerprint density at radius 3 is 2.36 bits per heavy atom. The summed E-state index contributed by atoms with van der Waals surface area (Å²) in [4.78, 5) is 42.3. The standard InChI is InChI=1S/C25H20ClN3O3S/c1-15(30)17-11-13-18(14-12-17)27-23(31)16(2)33-25-28-21-9-5-3-7-19(21)24(32)29(25)22-10-6-4-8-20(22)26/h3-14,16H,1-2H3,(H,27,31)/t16-/m1/s1. The molecule has 8 heteroatoms. The SMILES string of the molecule is CC(=O)c1ccc(NC(=O)[C@@H](C)Sc2nc3ccccc3c(=O)n2-c2ccccc2Cl)cc1. The number of nitrogens with one attached hydrogen (secondary N) is 1. The zero-order valence-electron chi connectivity index (χ0n) is 17.9. The van der Waals surface area contributed by atoms with Crippen molar-refractivity contribution in [1.29, 1.82) is 0 Å². The third kappa shape index (κ3) is 4.84. The third-order valence-corrected chi connectivity index (χ3v) is 6.42. The molecule has 4 rings (SSSR count). The zero-order chi connectivity index (χ0) is 23.5. The predicted octanol–water partition coefficient (Wildman–Crippen LogP) is 5.36. The first kappa shape index (κ1) is 22.8. The number of halogens is 1. The molecule has 4 aromatic rings. The van der Waals surface area contributed by atoms with Crippen molar-refractivity contribution in [2.45, 2.75) is 24.3 Å². The van der Waals surface area contributed by atoms with Crippen molar-refractivity contribution in [3.8, 4) is 5.69 Å². The van der Waals surface area contributed by atoms with Gasteiger partial charge in [-0.25, -0.2) is 4.98 Å². The normalized spacial score (nSPS) is 11.8. The van der Waals surface area contributed by atoms with E-state index in [9.17, 15) is 14.4 Å². The van der Waals surface area contributed by atoms with Crippen LogP contribution in [0.5, 0.6) is 0 Å². The lowest BCUT2D eigenvalue weighted by molar-refractivity contribution is -0.115. The zero-order valence-corrected chi connectivity index (χ0v) is 19.5. The van der Waals surface area contributed by atoms with E-state index in [2.05, 4.69) is 10.3 Å². The van der Waals surface area contributed by atoms with Gasteiger partial charge in [-0.05, 0) is 62.4 Å². The number of para-hydroxylation sites is 2. The molecular formula is C25H20ClN3O3S. The van der Waals surface area contributed by atoms with E-state index in [-0.39, 0.29) is 17.2 Å². The van der Waals surface area contributed by atoms with Crippen molar-refractivity contribution in [3.63, 3.8) is 0 Å². The molecule has 0 spiro atoms. The second kappa shape index (κ2) is 9.60. The molecule has 1 atom stereocenters. The van der Waals surface area contributed by atoms with Crippen LogP contribution in [0.1, 0.15) is 24.2 Å². The van der Waals surface area contributed by atoms with Crippen LogP contribution in [0.25, 0.3) is 16.6 Å². The molecule has 0 bridgehead atoms. The highest BCUT2D eigenvalue weighted by atomic mass is 35.5. The van der Waals surface area contributed by atoms with Gasteiger partial charge in [0.25, 0.3) is 5.56 Å².